The van der Waals surface area contributed by atoms with Gasteiger partial charge >= 0.3 is 0 Å². The molecule has 3 heterocycles. The van der Waals surface area contributed by atoms with Crippen molar-refractivity contribution < 1.29 is 4.79 Å². The maximum atomic E-state index is 12.7. The molecule has 1 fully saturated rings. The lowest BCUT2D eigenvalue weighted by Gasteiger charge is -2.16. The highest BCUT2D eigenvalue weighted by Gasteiger charge is 2.30. The van der Waals surface area contributed by atoms with Crippen molar-refractivity contribution in [1.82, 2.24) is 29.7 Å². The summed E-state index contributed by atoms with van der Waals surface area (Å²) < 4.78 is 3.53. The summed E-state index contributed by atoms with van der Waals surface area (Å²) in [4.78, 5) is 14.6. The van der Waals surface area contributed by atoms with E-state index in [0.717, 1.165) is 23.4 Å². The summed E-state index contributed by atoms with van der Waals surface area (Å²) in [6.07, 6.45) is 2.84. The Bertz CT molecular complexity index is 897. The average molecular weight is 336 g/mol. The molecule has 25 heavy (non-hydrogen) atoms. The van der Waals surface area contributed by atoms with Crippen molar-refractivity contribution in [3.8, 4) is 11.3 Å². The largest absolute Gasteiger partial charge is 0.335 e. The molecule has 3 aromatic rings. The molecular formula is C18H20N6O. The number of carbonyl (C=O) groups is 1. The van der Waals surface area contributed by atoms with Crippen LogP contribution in [0.4, 0.5) is 0 Å². The van der Waals surface area contributed by atoms with Crippen LogP contribution in [0.1, 0.15) is 28.6 Å². The van der Waals surface area contributed by atoms with Crippen LogP contribution in [0.15, 0.2) is 42.6 Å². The zero-order valence-corrected chi connectivity index (χ0v) is 14.3. The van der Waals surface area contributed by atoms with E-state index in [4.69, 9.17) is 0 Å². The molecule has 0 bridgehead atoms. The van der Waals surface area contributed by atoms with Crippen LogP contribution in [0.2, 0.25) is 0 Å². The lowest BCUT2D eigenvalue weighted by molar-refractivity contribution is 0.0776. The molecule has 1 aromatic carbocycles. The van der Waals surface area contributed by atoms with Crippen LogP contribution in [0, 0.1) is 6.92 Å². The minimum atomic E-state index is 0.0222. The first-order chi connectivity index (χ1) is 12.1. The van der Waals surface area contributed by atoms with Crippen LogP contribution in [0.25, 0.3) is 11.3 Å². The quantitative estimate of drug-likeness (QED) is 0.734. The normalized spacial score (nSPS) is 17.2. The molecule has 0 N–H and O–H groups in total. The summed E-state index contributed by atoms with van der Waals surface area (Å²) in [5.74, 6) is 0.0222. The number of carbonyl (C=O) groups excluding carboxylic acids is 1. The van der Waals surface area contributed by atoms with Crippen LogP contribution in [0.5, 0.6) is 0 Å². The molecule has 1 aliphatic rings. The second-order valence-electron chi connectivity index (χ2n) is 6.44. The highest BCUT2D eigenvalue weighted by atomic mass is 16.2. The van der Waals surface area contributed by atoms with Crippen molar-refractivity contribution >= 4 is 5.91 Å². The van der Waals surface area contributed by atoms with E-state index in [1.54, 1.807) is 11.7 Å². The number of likely N-dealkylation sites (tertiary alicyclic amines) is 1. The molecule has 128 valence electrons. The molecule has 0 spiro atoms. The van der Waals surface area contributed by atoms with Crippen molar-refractivity contribution in [1.29, 1.82) is 0 Å². The summed E-state index contributed by atoms with van der Waals surface area (Å²) in [5.41, 5.74) is 3.38. The Morgan fingerprint density at radius 3 is 2.76 bits per heavy atom. The standard InChI is InChI=1S/C18H20N6O/c1-13-10-17(22(2)20-13)18(25)23-9-8-15(11-23)24-12-16(19-21-24)14-6-4-3-5-7-14/h3-7,10,12,15H,8-9,11H2,1-2H3. The van der Waals surface area contributed by atoms with Crippen molar-refractivity contribution in [2.75, 3.05) is 13.1 Å². The van der Waals surface area contributed by atoms with Gasteiger partial charge in [0, 0.05) is 25.7 Å². The van der Waals surface area contributed by atoms with Crippen LogP contribution >= 0.6 is 0 Å². The first-order valence-electron chi connectivity index (χ1n) is 8.39. The van der Waals surface area contributed by atoms with Gasteiger partial charge in [-0.3, -0.25) is 9.48 Å². The molecule has 7 nitrogen and oxygen atoms in total. The fourth-order valence-electron chi connectivity index (χ4n) is 3.31. The van der Waals surface area contributed by atoms with Crippen molar-refractivity contribution in [2.45, 2.75) is 19.4 Å². The minimum absolute atomic E-state index is 0.0222. The third-order valence-corrected chi connectivity index (χ3v) is 4.63. The van der Waals surface area contributed by atoms with Gasteiger partial charge in [-0.2, -0.15) is 5.10 Å². The van der Waals surface area contributed by atoms with E-state index in [0.29, 0.717) is 18.8 Å². The van der Waals surface area contributed by atoms with E-state index in [1.807, 2.05) is 59.1 Å². The fraction of sp³-hybridized carbons (Fsp3) is 0.333. The van der Waals surface area contributed by atoms with Gasteiger partial charge in [-0.15, -0.1) is 5.10 Å². The van der Waals surface area contributed by atoms with E-state index < -0.39 is 0 Å². The van der Waals surface area contributed by atoms with Gasteiger partial charge in [0.2, 0.25) is 0 Å². The summed E-state index contributed by atoms with van der Waals surface area (Å²) in [6, 6.07) is 12.0. The predicted molar refractivity (Wildman–Crippen MR) is 93.0 cm³/mol. The first kappa shape index (κ1) is 15.6. The number of amides is 1. The zero-order valence-electron chi connectivity index (χ0n) is 14.3. The van der Waals surface area contributed by atoms with E-state index in [2.05, 4.69) is 15.4 Å². The van der Waals surface area contributed by atoms with E-state index in [-0.39, 0.29) is 11.9 Å². The van der Waals surface area contributed by atoms with Gasteiger partial charge in [0.05, 0.1) is 17.9 Å². The highest BCUT2D eigenvalue weighted by Crippen LogP contribution is 2.24. The molecule has 0 saturated carbocycles. The summed E-state index contributed by atoms with van der Waals surface area (Å²) in [7, 11) is 1.80. The van der Waals surface area contributed by atoms with Gasteiger partial charge in [-0.25, -0.2) is 4.68 Å². The van der Waals surface area contributed by atoms with Gasteiger partial charge in [0.25, 0.3) is 5.91 Å². The molecule has 1 amide bonds. The van der Waals surface area contributed by atoms with Crippen molar-refractivity contribution in [2.24, 2.45) is 7.05 Å². The second-order valence-corrected chi connectivity index (χ2v) is 6.44. The Morgan fingerprint density at radius 2 is 2.04 bits per heavy atom. The summed E-state index contributed by atoms with van der Waals surface area (Å²) in [5, 5.41) is 12.8. The van der Waals surface area contributed by atoms with Crippen LogP contribution in [-0.2, 0) is 7.05 Å². The Morgan fingerprint density at radius 1 is 1.24 bits per heavy atom. The molecule has 0 radical (unpaired) electrons. The molecule has 7 heteroatoms. The van der Waals surface area contributed by atoms with Gasteiger partial charge in [-0.1, -0.05) is 35.5 Å². The molecule has 4 rings (SSSR count). The smallest absolute Gasteiger partial charge is 0.272 e. The number of benzene rings is 1. The minimum Gasteiger partial charge on any atom is -0.335 e. The van der Waals surface area contributed by atoms with E-state index in [9.17, 15) is 4.79 Å². The Labute approximate surface area is 145 Å². The molecule has 0 aliphatic carbocycles. The van der Waals surface area contributed by atoms with Gasteiger partial charge in [-0.05, 0) is 19.4 Å². The maximum Gasteiger partial charge on any atom is 0.272 e. The number of hydrogen-bond acceptors (Lipinski definition) is 4. The predicted octanol–water partition coefficient (Wildman–Crippen LogP) is 2.07. The lowest BCUT2D eigenvalue weighted by Crippen LogP contribution is -2.30. The molecule has 1 aliphatic heterocycles. The van der Waals surface area contributed by atoms with Crippen LogP contribution in [-0.4, -0.2) is 48.7 Å². The van der Waals surface area contributed by atoms with Crippen molar-refractivity contribution in [3.05, 3.63) is 54.0 Å². The fourth-order valence-corrected chi connectivity index (χ4v) is 3.31. The van der Waals surface area contributed by atoms with E-state index >= 15 is 0 Å². The Balaban J connectivity index is 1.49. The lowest BCUT2D eigenvalue weighted by atomic mass is 10.2. The molecule has 1 unspecified atom stereocenters. The number of aryl methyl sites for hydroxylation is 2. The van der Waals surface area contributed by atoms with Crippen molar-refractivity contribution in [3.63, 3.8) is 0 Å². The topological polar surface area (TPSA) is 68.8 Å². The Kier molecular flexibility index (Phi) is 3.83. The zero-order chi connectivity index (χ0) is 17.4. The maximum absolute atomic E-state index is 12.7. The van der Waals surface area contributed by atoms with Crippen LogP contribution in [0.3, 0.4) is 0 Å². The summed E-state index contributed by atoms with van der Waals surface area (Å²) >= 11 is 0. The SMILES string of the molecule is Cc1cc(C(=O)N2CCC(n3cc(-c4ccccc4)nn3)C2)n(C)n1. The Hall–Kier alpha value is -2.96. The summed E-state index contributed by atoms with van der Waals surface area (Å²) in [6.45, 7) is 3.25. The number of aromatic nitrogens is 5. The van der Waals surface area contributed by atoms with Crippen LogP contribution < -0.4 is 0 Å². The number of hydrogen-bond donors (Lipinski definition) is 0. The monoisotopic (exact) mass is 336 g/mol. The second kappa shape index (κ2) is 6.16. The van der Waals surface area contributed by atoms with E-state index in [1.165, 1.54) is 0 Å². The molecule has 1 atom stereocenters. The third kappa shape index (κ3) is 2.93. The third-order valence-electron chi connectivity index (χ3n) is 4.63. The van der Waals surface area contributed by atoms with Gasteiger partial charge in [0.1, 0.15) is 11.4 Å². The average Bonchev–Trinajstić information content (AvgIpc) is 3.34. The number of rotatable bonds is 3. The first-order valence-corrected chi connectivity index (χ1v) is 8.39. The number of nitrogens with zero attached hydrogens (tertiary/aromatic N) is 6. The van der Waals surface area contributed by atoms with Gasteiger partial charge < -0.3 is 4.90 Å². The highest BCUT2D eigenvalue weighted by molar-refractivity contribution is 5.92. The molecular weight excluding hydrogens is 316 g/mol. The molecule has 1 saturated heterocycles. The molecule has 2 aromatic heterocycles. The van der Waals surface area contributed by atoms with Gasteiger partial charge in [0.15, 0.2) is 0 Å².